The third-order valence-electron chi connectivity index (χ3n) is 12.0. The number of fused-ring (bicyclic) bond motifs is 4. The molecule has 0 bridgehead atoms. The number of hydrogen-bond acceptors (Lipinski definition) is 3. The van der Waals surface area contributed by atoms with Gasteiger partial charge in [-0.05, 0) is 93.7 Å². The van der Waals surface area contributed by atoms with Crippen molar-refractivity contribution < 1.29 is 24.5 Å². The Kier molecular flexibility index (Phi) is 12.8. The van der Waals surface area contributed by atoms with Gasteiger partial charge in [-0.3, -0.25) is 4.98 Å². The minimum absolute atomic E-state index is 0. The van der Waals surface area contributed by atoms with Crippen LogP contribution in [0.3, 0.4) is 0 Å². The maximum absolute atomic E-state index is 6.80. The molecule has 0 aliphatic carbocycles. The minimum atomic E-state index is -1.40. The normalized spacial score (nSPS) is 11.6. The van der Waals surface area contributed by atoms with Gasteiger partial charge in [0.2, 0.25) is 0 Å². The minimum Gasteiger partial charge on any atom is -0.501 e. The van der Waals surface area contributed by atoms with Crippen molar-refractivity contribution in [1.82, 2.24) is 14.5 Å². The van der Waals surface area contributed by atoms with Gasteiger partial charge in [-0.15, -0.1) is 54.1 Å². The molecular weight excluding hydrogens is 975 g/mol. The van der Waals surface area contributed by atoms with Crippen LogP contribution in [0.25, 0.3) is 83.6 Å². The van der Waals surface area contributed by atoms with Gasteiger partial charge in [0.1, 0.15) is 5.58 Å². The molecule has 321 valence electrons. The summed E-state index contributed by atoms with van der Waals surface area (Å²) >= 11 is 0. The van der Waals surface area contributed by atoms with E-state index in [1.807, 2.05) is 54.6 Å². The van der Waals surface area contributed by atoms with Crippen molar-refractivity contribution in [3.8, 4) is 50.6 Å². The maximum Gasteiger partial charge on any atom is 0.121 e. The second kappa shape index (κ2) is 18.5. The Hall–Kier alpha value is -6.17. The molecular formula is C58H53IrN3OSi-2. The first-order valence-corrected chi connectivity index (χ1v) is 25.5. The molecule has 0 atom stereocenters. The molecule has 0 aliphatic rings. The van der Waals surface area contributed by atoms with Crippen LogP contribution in [0.2, 0.25) is 19.6 Å². The fourth-order valence-corrected chi connectivity index (χ4v) is 9.79. The third kappa shape index (κ3) is 8.71. The molecule has 0 unspecified atom stereocenters. The smallest absolute Gasteiger partial charge is 0.121 e. The van der Waals surface area contributed by atoms with E-state index in [4.69, 9.17) is 9.40 Å². The SMILES string of the molecule is Cc1cccc2nc(-c3[c-]ccc4c3oc3cc(-c5ccccc5)ccc34)n(-c3c(C(C)C)cc(-c4ccc([Si](C)(C)C)cc4)cc3C(C)C)c12.[Ir].[c-]1ccccc1-c1ccccn1. The second-order valence-electron chi connectivity index (χ2n) is 18.1. The molecule has 3 heterocycles. The van der Waals surface area contributed by atoms with E-state index in [1.54, 1.807) is 6.20 Å². The molecule has 0 aliphatic heterocycles. The van der Waals surface area contributed by atoms with E-state index in [0.717, 1.165) is 61.2 Å². The molecule has 0 N–H and O–H groups in total. The Morgan fingerprint density at radius 1 is 0.609 bits per heavy atom. The van der Waals surface area contributed by atoms with Gasteiger partial charge < -0.3 is 14.0 Å². The summed E-state index contributed by atoms with van der Waals surface area (Å²) in [4.78, 5) is 9.61. The van der Waals surface area contributed by atoms with Crippen LogP contribution in [-0.2, 0) is 20.1 Å². The average Bonchev–Trinajstić information content (AvgIpc) is 3.88. The van der Waals surface area contributed by atoms with Gasteiger partial charge in [-0.1, -0.05) is 154 Å². The van der Waals surface area contributed by atoms with E-state index in [2.05, 4.69) is 179 Å². The Morgan fingerprint density at radius 2 is 1.30 bits per heavy atom. The van der Waals surface area contributed by atoms with Crippen molar-refractivity contribution in [3.05, 3.63) is 193 Å². The number of nitrogens with zero attached hydrogens (tertiary/aromatic N) is 3. The predicted molar refractivity (Wildman–Crippen MR) is 268 cm³/mol. The maximum atomic E-state index is 6.80. The summed E-state index contributed by atoms with van der Waals surface area (Å²) in [6, 6.07) is 62.2. The van der Waals surface area contributed by atoms with Crippen molar-refractivity contribution in [3.63, 3.8) is 0 Å². The number of aromatic nitrogens is 3. The van der Waals surface area contributed by atoms with Gasteiger partial charge in [-0.2, -0.15) is 0 Å². The first-order chi connectivity index (χ1) is 30.5. The zero-order valence-corrected chi connectivity index (χ0v) is 41.2. The van der Waals surface area contributed by atoms with Crippen LogP contribution in [0.1, 0.15) is 56.2 Å². The number of para-hydroxylation sites is 1. The zero-order chi connectivity index (χ0) is 43.8. The molecule has 0 spiro atoms. The largest absolute Gasteiger partial charge is 0.501 e. The fourth-order valence-electron chi connectivity index (χ4n) is 8.62. The first-order valence-electron chi connectivity index (χ1n) is 22.0. The molecule has 6 heteroatoms. The van der Waals surface area contributed by atoms with Crippen molar-refractivity contribution >= 4 is 46.2 Å². The summed E-state index contributed by atoms with van der Waals surface area (Å²) in [5, 5.41) is 3.64. The van der Waals surface area contributed by atoms with Gasteiger partial charge in [-0.25, -0.2) is 0 Å². The van der Waals surface area contributed by atoms with Crippen LogP contribution in [0, 0.1) is 19.1 Å². The molecule has 0 fully saturated rings. The summed E-state index contributed by atoms with van der Waals surface area (Å²) in [5.74, 6) is 1.40. The predicted octanol–water partition coefficient (Wildman–Crippen LogP) is 15.4. The van der Waals surface area contributed by atoms with Gasteiger partial charge in [0.15, 0.2) is 0 Å². The van der Waals surface area contributed by atoms with E-state index in [-0.39, 0.29) is 31.9 Å². The molecule has 0 amide bonds. The zero-order valence-electron chi connectivity index (χ0n) is 37.8. The van der Waals surface area contributed by atoms with E-state index in [0.29, 0.717) is 0 Å². The van der Waals surface area contributed by atoms with Crippen LogP contribution in [0.15, 0.2) is 168 Å². The standard InChI is InChI=1S/C47H45N2OSi.C11H8N.Ir/c1-29(2)40-26-35(33-20-23-36(24-21-33)51(6,7)8)27-41(30(3)4)45(40)49-44-31(5)14-12-19-42(44)48-47(49)39-18-13-17-38-37-25-22-34(28-43(37)50-46(38)39)32-15-10-9-11-16-32;1-2-6-10(7-3-1)11-8-4-5-9-12-11;/h9-17,19-30H,1-8H3;1-6,8-9H;/q2*-1;. The topological polar surface area (TPSA) is 43.9 Å². The summed E-state index contributed by atoms with van der Waals surface area (Å²) in [5.41, 5.74) is 16.5. The summed E-state index contributed by atoms with van der Waals surface area (Å²) in [7, 11) is -1.40. The van der Waals surface area contributed by atoms with E-state index >= 15 is 0 Å². The van der Waals surface area contributed by atoms with E-state index in [1.165, 1.54) is 44.3 Å². The molecule has 10 rings (SSSR count). The van der Waals surface area contributed by atoms with Crippen LogP contribution in [0.4, 0.5) is 0 Å². The Morgan fingerprint density at radius 3 is 1.95 bits per heavy atom. The molecule has 0 saturated heterocycles. The van der Waals surface area contributed by atoms with Gasteiger partial charge in [0.25, 0.3) is 0 Å². The van der Waals surface area contributed by atoms with Crippen molar-refractivity contribution in [2.75, 3.05) is 0 Å². The van der Waals surface area contributed by atoms with Gasteiger partial charge >= 0.3 is 0 Å². The van der Waals surface area contributed by atoms with Crippen molar-refractivity contribution in [1.29, 1.82) is 0 Å². The summed E-state index contributed by atoms with van der Waals surface area (Å²) < 4.78 is 9.22. The van der Waals surface area contributed by atoms with Gasteiger partial charge in [0, 0.05) is 37.4 Å². The third-order valence-corrected chi connectivity index (χ3v) is 14.1. The van der Waals surface area contributed by atoms with Crippen LogP contribution in [-0.4, -0.2) is 22.6 Å². The average molecular weight is 1030 g/mol. The molecule has 3 aromatic heterocycles. The Labute approximate surface area is 392 Å². The number of imidazole rings is 1. The molecule has 0 saturated carbocycles. The summed E-state index contributed by atoms with van der Waals surface area (Å²) in [6.45, 7) is 18.7. The molecule has 4 nitrogen and oxygen atoms in total. The van der Waals surface area contributed by atoms with Crippen molar-refractivity contribution in [2.24, 2.45) is 0 Å². The quantitative estimate of drug-likeness (QED) is 0.113. The van der Waals surface area contributed by atoms with E-state index in [9.17, 15) is 0 Å². The van der Waals surface area contributed by atoms with Gasteiger partial charge in [0.05, 0.1) is 30.5 Å². The monoisotopic (exact) mass is 1030 g/mol. The van der Waals surface area contributed by atoms with Crippen LogP contribution in [0.5, 0.6) is 0 Å². The fraction of sp³-hybridized carbons (Fsp3) is 0.172. The molecule has 10 aromatic rings. The van der Waals surface area contributed by atoms with Crippen molar-refractivity contribution in [2.45, 2.75) is 66.1 Å². The molecule has 64 heavy (non-hydrogen) atoms. The number of benzene rings is 7. The second-order valence-corrected chi connectivity index (χ2v) is 23.2. The summed E-state index contributed by atoms with van der Waals surface area (Å²) in [6.07, 6.45) is 1.79. The Balaban J connectivity index is 0.000000372. The number of aryl methyl sites for hydroxylation is 1. The number of pyridine rings is 1. The number of furan rings is 1. The first kappa shape index (κ1) is 44.4. The van der Waals surface area contributed by atoms with Crippen LogP contribution >= 0.6 is 0 Å². The molecule has 7 aromatic carbocycles. The van der Waals surface area contributed by atoms with Crippen LogP contribution < -0.4 is 5.19 Å². The number of rotatable bonds is 8. The molecule has 1 radical (unpaired) electrons. The number of hydrogen-bond donors (Lipinski definition) is 0. The Bertz CT molecular complexity index is 3130. The van der Waals surface area contributed by atoms with E-state index < -0.39 is 8.07 Å².